The summed E-state index contributed by atoms with van der Waals surface area (Å²) in [7, 11) is 0. The molecule has 0 spiro atoms. The molecule has 0 saturated heterocycles. The van der Waals surface area contributed by atoms with Crippen LogP contribution in [0, 0.1) is 0 Å². The number of pyridine rings is 1. The highest BCUT2D eigenvalue weighted by Gasteiger charge is 2.33. The summed E-state index contributed by atoms with van der Waals surface area (Å²) in [6, 6.07) is 4.32. The number of halogens is 3. The smallest absolute Gasteiger partial charge is 0.328 e. The molecule has 0 aliphatic heterocycles. The lowest BCUT2D eigenvalue weighted by molar-refractivity contribution is -0.141. The van der Waals surface area contributed by atoms with Crippen molar-refractivity contribution in [3.63, 3.8) is 0 Å². The highest BCUT2D eigenvalue weighted by molar-refractivity contribution is 5.25. The summed E-state index contributed by atoms with van der Waals surface area (Å²) < 4.78 is 38.3. The molecule has 0 aromatic carbocycles. The zero-order valence-corrected chi connectivity index (χ0v) is 10.2. The minimum atomic E-state index is -4.44. The van der Waals surface area contributed by atoms with E-state index in [9.17, 15) is 13.2 Å². The van der Waals surface area contributed by atoms with Crippen molar-refractivity contribution in [2.75, 3.05) is 0 Å². The van der Waals surface area contributed by atoms with Gasteiger partial charge >= 0.3 is 6.18 Å². The predicted molar refractivity (Wildman–Crippen MR) is 63.7 cm³/mol. The predicted octanol–water partition coefficient (Wildman–Crippen LogP) is 2.18. The molecule has 0 bridgehead atoms. The first-order valence-corrected chi connectivity index (χ1v) is 5.70. The summed E-state index contributed by atoms with van der Waals surface area (Å²) >= 11 is 0. The van der Waals surface area contributed by atoms with Crippen LogP contribution >= 0.6 is 0 Å². The summed E-state index contributed by atoms with van der Waals surface area (Å²) in [5.41, 5.74) is 5.65. The Kier molecular flexibility index (Phi) is 3.57. The second kappa shape index (κ2) is 5.00. The number of rotatable bonds is 3. The van der Waals surface area contributed by atoms with E-state index in [0.29, 0.717) is 12.2 Å². The van der Waals surface area contributed by atoms with Gasteiger partial charge in [0.25, 0.3) is 0 Å². The van der Waals surface area contributed by atoms with Gasteiger partial charge in [-0.25, -0.2) is 9.67 Å². The van der Waals surface area contributed by atoms with E-state index in [0.717, 1.165) is 16.3 Å². The third kappa shape index (κ3) is 3.31. The van der Waals surface area contributed by atoms with E-state index in [4.69, 9.17) is 5.73 Å². The van der Waals surface area contributed by atoms with Crippen LogP contribution in [0.25, 0.3) is 5.82 Å². The van der Waals surface area contributed by atoms with Gasteiger partial charge in [-0.2, -0.15) is 18.3 Å². The molecule has 0 saturated carbocycles. The van der Waals surface area contributed by atoms with E-state index in [1.54, 1.807) is 18.3 Å². The molecule has 0 aliphatic rings. The van der Waals surface area contributed by atoms with Crippen molar-refractivity contribution in [1.29, 1.82) is 0 Å². The largest absolute Gasteiger partial charge is 0.435 e. The van der Waals surface area contributed by atoms with Gasteiger partial charge in [0.15, 0.2) is 11.5 Å². The van der Waals surface area contributed by atoms with Crippen molar-refractivity contribution < 1.29 is 13.2 Å². The first-order chi connectivity index (χ1) is 8.86. The Morgan fingerprint density at radius 2 is 2.05 bits per heavy atom. The van der Waals surface area contributed by atoms with Crippen LogP contribution in [0.4, 0.5) is 13.2 Å². The van der Waals surface area contributed by atoms with Gasteiger partial charge < -0.3 is 5.73 Å². The highest BCUT2D eigenvalue weighted by Crippen LogP contribution is 2.27. The van der Waals surface area contributed by atoms with Crippen LogP contribution in [0.3, 0.4) is 0 Å². The van der Waals surface area contributed by atoms with Crippen molar-refractivity contribution in [3.05, 3.63) is 41.9 Å². The van der Waals surface area contributed by atoms with Gasteiger partial charge in [-0.15, -0.1) is 0 Å². The normalized spacial score (nSPS) is 13.5. The molecule has 19 heavy (non-hydrogen) atoms. The molecule has 2 aromatic rings. The topological polar surface area (TPSA) is 56.7 Å². The fourth-order valence-corrected chi connectivity index (χ4v) is 1.65. The van der Waals surface area contributed by atoms with Gasteiger partial charge in [-0.05, 0) is 31.0 Å². The Labute approximate surface area is 108 Å². The molecule has 2 rings (SSSR count). The van der Waals surface area contributed by atoms with Crippen molar-refractivity contribution in [1.82, 2.24) is 14.8 Å². The van der Waals surface area contributed by atoms with E-state index in [1.165, 1.54) is 6.20 Å². The molecule has 0 fully saturated rings. The Morgan fingerprint density at radius 1 is 1.32 bits per heavy atom. The Hall–Kier alpha value is -1.89. The Bertz CT molecular complexity index is 543. The monoisotopic (exact) mass is 270 g/mol. The summed E-state index contributed by atoms with van der Waals surface area (Å²) in [6.07, 6.45) is -0.954. The highest BCUT2D eigenvalue weighted by atomic mass is 19.4. The van der Waals surface area contributed by atoms with Crippen molar-refractivity contribution in [2.24, 2.45) is 5.73 Å². The van der Waals surface area contributed by atoms with Gasteiger partial charge in [0.05, 0.1) is 0 Å². The summed E-state index contributed by atoms with van der Waals surface area (Å²) in [4.78, 5) is 4.07. The first-order valence-electron chi connectivity index (χ1n) is 5.70. The Balaban J connectivity index is 2.20. The molecule has 2 N–H and O–H groups in total. The average molecular weight is 270 g/mol. The minimum absolute atomic E-state index is 0.00850. The van der Waals surface area contributed by atoms with Crippen LogP contribution in [0.1, 0.15) is 18.2 Å². The second-order valence-corrected chi connectivity index (χ2v) is 4.35. The standard InChI is InChI=1S/C12H13F3N4/c1-8(16)6-9-2-3-11(17-7-9)19-5-4-10(18-19)12(13,14)15/h2-5,7-8H,6,16H2,1H3. The maximum absolute atomic E-state index is 12.4. The quantitative estimate of drug-likeness (QED) is 0.930. The zero-order chi connectivity index (χ0) is 14.0. The van der Waals surface area contributed by atoms with Crippen molar-refractivity contribution >= 4 is 0 Å². The molecule has 2 heterocycles. The van der Waals surface area contributed by atoms with Crippen LogP contribution in [0.5, 0.6) is 0 Å². The number of alkyl halides is 3. The second-order valence-electron chi connectivity index (χ2n) is 4.35. The molecule has 1 atom stereocenters. The lowest BCUT2D eigenvalue weighted by Gasteiger charge is -2.06. The zero-order valence-electron chi connectivity index (χ0n) is 10.2. The van der Waals surface area contributed by atoms with Gasteiger partial charge in [-0.3, -0.25) is 0 Å². The summed E-state index contributed by atoms with van der Waals surface area (Å²) in [6.45, 7) is 1.87. The van der Waals surface area contributed by atoms with Crippen molar-refractivity contribution in [2.45, 2.75) is 25.6 Å². The lowest BCUT2D eigenvalue weighted by atomic mass is 10.1. The van der Waals surface area contributed by atoms with Crippen LogP contribution in [0.15, 0.2) is 30.6 Å². The van der Waals surface area contributed by atoms with E-state index >= 15 is 0 Å². The van der Waals surface area contributed by atoms with E-state index < -0.39 is 11.9 Å². The molecule has 7 heteroatoms. The molecule has 1 unspecified atom stereocenters. The van der Waals surface area contributed by atoms with E-state index in [1.807, 2.05) is 6.92 Å². The molecule has 4 nitrogen and oxygen atoms in total. The van der Waals surface area contributed by atoms with Crippen LogP contribution in [-0.2, 0) is 12.6 Å². The van der Waals surface area contributed by atoms with Gasteiger partial charge in [0, 0.05) is 18.4 Å². The fraction of sp³-hybridized carbons (Fsp3) is 0.333. The maximum atomic E-state index is 12.4. The van der Waals surface area contributed by atoms with Crippen LogP contribution < -0.4 is 5.73 Å². The first kappa shape index (κ1) is 13.5. The number of hydrogen-bond donors (Lipinski definition) is 1. The van der Waals surface area contributed by atoms with Gasteiger partial charge in [0.1, 0.15) is 0 Å². The molecule has 0 radical (unpaired) electrons. The molecule has 0 amide bonds. The minimum Gasteiger partial charge on any atom is -0.328 e. The van der Waals surface area contributed by atoms with Crippen molar-refractivity contribution in [3.8, 4) is 5.82 Å². The molecular weight excluding hydrogens is 257 g/mol. The van der Waals surface area contributed by atoms with Gasteiger partial charge in [0.2, 0.25) is 0 Å². The molecule has 2 aromatic heterocycles. The SMILES string of the molecule is CC(N)Cc1ccc(-n2ccc(C(F)(F)F)n2)nc1. The number of nitrogens with zero attached hydrogens (tertiary/aromatic N) is 3. The third-order valence-corrected chi connectivity index (χ3v) is 2.48. The van der Waals surface area contributed by atoms with E-state index in [-0.39, 0.29) is 6.04 Å². The Morgan fingerprint density at radius 3 is 2.53 bits per heavy atom. The number of hydrogen-bond acceptors (Lipinski definition) is 3. The number of aromatic nitrogens is 3. The fourth-order valence-electron chi connectivity index (χ4n) is 1.65. The third-order valence-electron chi connectivity index (χ3n) is 2.48. The van der Waals surface area contributed by atoms with Gasteiger partial charge in [-0.1, -0.05) is 6.07 Å². The molecule has 102 valence electrons. The molecule has 0 aliphatic carbocycles. The average Bonchev–Trinajstić information content (AvgIpc) is 2.78. The maximum Gasteiger partial charge on any atom is 0.435 e. The summed E-state index contributed by atoms with van der Waals surface area (Å²) in [5, 5.41) is 3.45. The van der Waals surface area contributed by atoms with Crippen LogP contribution in [-0.4, -0.2) is 20.8 Å². The van der Waals surface area contributed by atoms with Crippen LogP contribution in [0.2, 0.25) is 0 Å². The lowest BCUT2D eigenvalue weighted by Crippen LogP contribution is -2.17. The van der Waals surface area contributed by atoms with E-state index in [2.05, 4.69) is 10.1 Å². The molecular formula is C12H13F3N4. The number of nitrogens with two attached hydrogens (primary N) is 1. The summed E-state index contributed by atoms with van der Waals surface area (Å²) in [5.74, 6) is 0.337.